The van der Waals surface area contributed by atoms with Crippen LogP contribution in [0.25, 0.3) is 0 Å². The number of fused-ring (bicyclic) bond motifs is 1. The third-order valence-corrected chi connectivity index (χ3v) is 7.65. The summed E-state index contributed by atoms with van der Waals surface area (Å²) in [6, 6.07) is 6.42. The van der Waals surface area contributed by atoms with Gasteiger partial charge in [0.1, 0.15) is 16.8 Å². The average molecular weight is 408 g/mol. The number of ether oxygens (including phenoxy) is 1. The molecule has 1 saturated heterocycles. The molecule has 2 heterocycles. The molecular formula is C18H18F2N4O3S. The van der Waals surface area contributed by atoms with Crippen molar-refractivity contribution in [1.82, 2.24) is 14.6 Å². The summed E-state index contributed by atoms with van der Waals surface area (Å²) < 4.78 is 60.7. The molecule has 28 heavy (non-hydrogen) atoms. The van der Waals surface area contributed by atoms with Gasteiger partial charge in [-0.15, -0.1) is 0 Å². The molecule has 1 aromatic heterocycles. The monoisotopic (exact) mass is 408 g/mol. The number of benzene rings is 1. The highest BCUT2D eigenvalue weighted by molar-refractivity contribution is 7.90. The molecule has 2 fully saturated rings. The quantitative estimate of drug-likeness (QED) is 0.814. The maximum atomic E-state index is 14.8. The van der Waals surface area contributed by atoms with Crippen LogP contribution >= 0.6 is 0 Å². The van der Waals surface area contributed by atoms with E-state index >= 15 is 0 Å². The molecule has 1 aromatic carbocycles. The Hall–Kier alpha value is -2.75. The fourth-order valence-electron chi connectivity index (χ4n) is 3.97. The first-order valence-electron chi connectivity index (χ1n) is 8.68. The van der Waals surface area contributed by atoms with Crippen molar-refractivity contribution in [2.45, 2.75) is 30.1 Å². The van der Waals surface area contributed by atoms with Crippen molar-refractivity contribution >= 4 is 16.0 Å². The summed E-state index contributed by atoms with van der Waals surface area (Å²) in [6.45, 7) is 0. The Morgan fingerprint density at radius 2 is 2.11 bits per heavy atom. The van der Waals surface area contributed by atoms with Crippen LogP contribution in [0.3, 0.4) is 0 Å². The van der Waals surface area contributed by atoms with Gasteiger partial charge < -0.3 is 10.1 Å². The number of guanidine groups is 1. The average Bonchev–Trinajstić information content (AvgIpc) is 3.09. The van der Waals surface area contributed by atoms with Gasteiger partial charge in [-0.25, -0.2) is 26.5 Å². The second-order valence-electron chi connectivity index (χ2n) is 6.87. The van der Waals surface area contributed by atoms with E-state index in [2.05, 4.69) is 10.3 Å². The zero-order chi connectivity index (χ0) is 20.1. The van der Waals surface area contributed by atoms with Gasteiger partial charge in [-0.1, -0.05) is 0 Å². The summed E-state index contributed by atoms with van der Waals surface area (Å²) >= 11 is 0. The summed E-state index contributed by atoms with van der Waals surface area (Å²) in [5.74, 6) is -1.76. The Morgan fingerprint density at radius 1 is 1.32 bits per heavy atom. The van der Waals surface area contributed by atoms with E-state index in [1.807, 2.05) is 0 Å². The molecule has 7 nitrogen and oxygen atoms in total. The Bertz CT molecular complexity index is 1060. The molecule has 1 saturated carbocycles. The number of aromatic nitrogens is 1. The molecular weight excluding hydrogens is 390 g/mol. The molecule has 4 rings (SSSR count). The van der Waals surface area contributed by atoms with Gasteiger partial charge in [0.25, 0.3) is 5.88 Å². The first kappa shape index (κ1) is 18.6. The molecule has 1 aliphatic carbocycles. The number of hydrogen-bond acceptors (Lipinski definition) is 5. The van der Waals surface area contributed by atoms with E-state index in [-0.39, 0.29) is 23.2 Å². The third kappa shape index (κ3) is 2.70. The van der Waals surface area contributed by atoms with E-state index in [9.17, 15) is 17.2 Å². The van der Waals surface area contributed by atoms with Crippen LogP contribution in [0.4, 0.5) is 8.78 Å². The lowest BCUT2D eigenvalue weighted by atomic mass is 9.87. The van der Waals surface area contributed by atoms with Gasteiger partial charge in [0, 0.05) is 18.8 Å². The van der Waals surface area contributed by atoms with Gasteiger partial charge >= 0.3 is 0 Å². The molecule has 1 aliphatic heterocycles. The van der Waals surface area contributed by atoms with Crippen LogP contribution in [-0.4, -0.2) is 36.0 Å². The largest absolute Gasteiger partial charge is 0.436 e. The van der Waals surface area contributed by atoms with Crippen molar-refractivity contribution in [3.8, 4) is 11.6 Å². The Balaban J connectivity index is 1.80. The van der Waals surface area contributed by atoms with Gasteiger partial charge in [0.15, 0.2) is 5.82 Å². The highest BCUT2D eigenvalue weighted by atomic mass is 32.2. The van der Waals surface area contributed by atoms with Crippen molar-refractivity contribution in [1.29, 1.82) is 5.41 Å². The molecule has 0 bridgehead atoms. The van der Waals surface area contributed by atoms with Crippen molar-refractivity contribution in [2.75, 3.05) is 7.05 Å². The van der Waals surface area contributed by atoms with E-state index < -0.39 is 32.4 Å². The number of hydrogen-bond donors (Lipinski definition) is 2. The lowest BCUT2D eigenvalue weighted by molar-refractivity contribution is 0.342. The van der Waals surface area contributed by atoms with E-state index in [1.165, 1.54) is 37.5 Å². The Morgan fingerprint density at radius 3 is 2.86 bits per heavy atom. The maximum absolute atomic E-state index is 14.8. The third-order valence-electron chi connectivity index (χ3n) is 5.34. The molecule has 0 spiro atoms. The first-order chi connectivity index (χ1) is 13.3. The Labute approximate surface area is 160 Å². The number of sulfonamides is 1. The Kier molecular flexibility index (Phi) is 4.25. The molecule has 0 radical (unpaired) electrons. The predicted molar refractivity (Wildman–Crippen MR) is 97.5 cm³/mol. The molecule has 148 valence electrons. The fourth-order valence-corrected chi connectivity index (χ4v) is 5.93. The molecule has 10 heteroatoms. The topological polar surface area (TPSA) is 95.4 Å². The summed E-state index contributed by atoms with van der Waals surface area (Å²) in [5.41, 5.74) is -1.21. The van der Waals surface area contributed by atoms with Crippen molar-refractivity contribution in [2.24, 2.45) is 0 Å². The molecule has 0 unspecified atom stereocenters. The van der Waals surface area contributed by atoms with Crippen molar-refractivity contribution in [3.05, 3.63) is 53.7 Å². The number of halogens is 2. The fraction of sp³-hybridized carbons (Fsp3) is 0.333. The molecule has 2 aromatic rings. The van der Waals surface area contributed by atoms with E-state index in [0.29, 0.717) is 19.3 Å². The van der Waals surface area contributed by atoms with Gasteiger partial charge in [-0.2, -0.15) is 0 Å². The lowest BCUT2D eigenvalue weighted by Gasteiger charge is -2.44. The van der Waals surface area contributed by atoms with E-state index in [1.54, 1.807) is 0 Å². The molecule has 2 atom stereocenters. The summed E-state index contributed by atoms with van der Waals surface area (Å²) in [7, 11) is -2.53. The highest BCUT2D eigenvalue weighted by Gasteiger charge is 2.57. The maximum Gasteiger partial charge on any atom is 0.255 e. The molecule has 2 N–H and O–H groups in total. The van der Waals surface area contributed by atoms with Crippen LogP contribution < -0.4 is 10.1 Å². The van der Waals surface area contributed by atoms with Crippen LogP contribution in [0.1, 0.15) is 24.8 Å². The van der Waals surface area contributed by atoms with Gasteiger partial charge in [-0.3, -0.25) is 5.41 Å². The summed E-state index contributed by atoms with van der Waals surface area (Å²) in [6.07, 6.45) is 2.59. The zero-order valence-electron chi connectivity index (χ0n) is 14.9. The van der Waals surface area contributed by atoms with Gasteiger partial charge in [0.05, 0.1) is 5.54 Å². The van der Waals surface area contributed by atoms with E-state index in [4.69, 9.17) is 10.1 Å². The summed E-state index contributed by atoms with van der Waals surface area (Å²) in [5, 5.41) is 10.0. The van der Waals surface area contributed by atoms with Crippen molar-refractivity contribution < 1.29 is 21.9 Å². The van der Waals surface area contributed by atoms with Crippen molar-refractivity contribution in [3.63, 3.8) is 0 Å². The predicted octanol–water partition coefficient (Wildman–Crippen LogP) is 2.70. The van der Waals surface area contributed by atoms with Crippen LogP contribution in [-0.2, 0) is 15.6 Å². The minimum absolute atomic E-state index is 0.0743. The number of rotatable bonds is 3. The number of pyridine rings is 1. The summed E-state index contributed by atoms with van der Waals surface area (Å²) in [4.78, 5) is 3.80. The molecule has 2 aliphatic rings. The minimum atomic E-state index is -3.82. The van der Waals surface area contributed by atoms with Crippen LogP contribution in [0.2, 0.25) is 0 Å². The highest BCUT2D eigenvalue weighted by Crippen LogP contribution is 2.47. The normalized spacial score (nSPS) is 25.9. The van der Waals surface area contributed by atoms with Crippen LogP contribution in [0.5, 0.6) is 11.6 Å². The SMILES string of the molecule is CN1C(=N)N[C@@]2(c3cc(Oc4ncccc4F)ccc3F)CCC[C@H]2S1(=O)=O. The second-order valence-corrected chi connectivity index (χ2v) is 9.02. The standard InChI is InChI=1S/C18H18F2N4O3S/c1-24-17(21)23-18(8-2-5-15(18)28(24,25)26)12-10-11(6-7-13(12)19)27-16-14(20)4-3-9-22-16/h3-4,6-7,9-10,15H,2,5,8H2,1H3,(H2,21,23)/t15-,18-/m1/s1. The number of nitrogens with one attached hydrogen (secondary N) is 2. The molecule has 0 amide bonds. The zero-order valence-corrected chi connectivity index (χ0v) is 15.8. The van der Waals surface area contributed by atoms with Crippen LogP contribution in [0.15, 0.2) is 36.5 Å². The minimum Gasteiger partial charge on any atom is -0.436 e. The van der Waals surface area contributed by atoms with Gasteiger partial charge in [-0.05, 0) is 49.6 Å². The first-order valence-corrected chi connectivity index (χ1v) is 10.2. The lowest BCUT2D eigenvalue weighted by Crippen LogP contribution is -2.65. The smallest absolute Gasteiger partial charge is 0.255 e. The van der Waals surface area contributed by atoms with Crippen LogP contribution in [0, 0.1) is 17.0 Å². The van der Waals surface area contributed by atoms with Gasteiger partial charge in [0.2, 0.25) is 16.0 Å². The van der Waals surface area contributed by atoms with E-state index in [0.717, 1.165) is 10.4 Å². The second kappa shape index (κ2) is 6.40. The number of nitrogens with zero attached hydrogens (tertiary/aromatic N) is 2.